The van der Waals surface area contributed by atoms with Crippen LogP contribution in [0.5, 0.6) is 0 Å². The van der Waals surface area contributed by atoms with Crippen molar-refractivity contribution in [3.05, 3.63) is 82.9 Å². The topological polar surface area (TPSA) is 43.2 Å². The molecule has 0 aliphatic carbocycles. The van der Waals surface area contributed by atoms with Gasteiger partial charge in [0.2, 0.25) is 11.8 Å². The number of benzene rings is 4. The molecule has 0 fully saturated rings. The molecule has 4 nitrogen and oxygen atoms in total. The molecule has 0 saturated carbocycles. The lowest BCUT2D eigenvalue weighted by Crippen LogP contribution is -2.08. The fourth-order valence-electron chi connectivity index (χ4n) is 4.99. The van der Waals surface area contributed by atoms with E-state index in [1.165, 1.54) is 43.8 Å². The normalized spacial score (nSPS) is 15.6. The zero-order chi connectivity index (χ0) is 21.7. The Balaban J connectivity index is 1.75. The molecule has 0 bridgehead atoms. The van der Waals surface area contributed by atoms with Crippen LogP contribution in [0.4, 0.5) is 0 Å². The van der Waals surface area contributed by atoms with Crippen LogP contribution in [0.15, 0.2) is 70.6 Å². The SMILES string of the molecule is Cc1c(C2=NCCO2)cc2ccccc2c1-c1c(C)c(C2=NCCO2)cc2ccccc12. The Morgan fingerprint density at radius 3 is 1.47 bits per heavy atom. The summed E-state index contributed by atoms with van der Waals surface area (Å²) in [6.45, 7) is 7.09. The number of hydrogen-bond donors (Lipinski definition) is 0. The first-order valence-electron chi connectivity index (χ1n) is 11.1. The lowest BCUT2D eigenvalue weighted by atomic mass is 9.84. The molecular weight excluding hydrogens is 396 g/mol. The van der Waals surface area contributed by atoms with Gasteiger partial charge in [-0.05, 0) is 69.8 Å². The lowest BCUT2D eigenvalue weighted by Gasteiger charge is -2.21. The number of ether oxygens (including phenoxy) is 2. The third-order valence-corrected chi connectivity index (χ3v) is 6.50. The predicted molar refractivity (Wildman–Crippen MR) is 131 cm³/mol. The van der Waals surface area contributed by atoms with E-state index in [0.29, 0.717) is 26.3 Å². The maximum Gasteiger partial charge on any atom is 0.216 e. The molecule has 4 aromatic carbocycles. The zero-order valence-corrected chi connectivity index (χ0v) is 18.3. The van der Waals surface area contributed by atoms with Crippen molar-refractivity contribution in [2.45, 2.75) is 13.8 Å². The molecule has 0 saturated heterocycles. The molecule has 0 aromatic heterocycles. The van der Waals surface area contributed by atoms with Crippen molar-refractivity contribution in [3.63, 3.8) is 0 Å². The highest BCUT2D eigenvalue weighted by Crippen LogP contribution is 2.42. The molecule has 2 aliphatic heterocycles. The summed E-state index contributed by atoms with van der Waals surface area (Å²) in [5.74, 6) is 1.49. The second-order valence-corrected chi connectivity index (χ2v) is 8.36. The van der Waals surface area contributed by atoms with Crippen LogP contribution in [0.1, 0.15) is 22.3 Å². The fourth-order valence-corrected chi connectivity index (χ4v) is 4.99. The highest BCUT2D eigenvalue weighted by molar-refractivity contribution is 6.14. The van der Waals surface area contributed by atoms with E-state index in [2.05, 4.69) is 84.5 Å². The zero-order valence-electron chi connectivity index (χ0n) is 18.3. The molecule has 0 unspecified atom stereocenters. The summed E-state index contributed by atoms with van der Waals surface area (Å²) in [6.07, 6.45) is 0. The molecule has 2 aliphatic rings. The van der Waals surface area contributed by atoms with Crippen molar-refractivity contribution in [2.24, 2.45) is 9.98 Å². The van der Waals surface area contributed by atoms with Crippen LogP contribution >= 0.6 is 0 Å². The Bertz CT molecular complexity index is 1340. The summed E-state index contributed by atoms with van der Waals surface area (Å²) < 4.78 is 11.8. The van der Waals surface area contributed by atoms with Gasteiger partial charge in [-0.25, -0.2) is 9.98 Å². The standard InChI is InChI=1S/C28H24N2O2/c1-17-23(27-29-11-13-31-27)15-19-7-3-5-9-21(19)25(17)26-18(2)24(28-30-12-14-32-28)16-20-8-4-6-10-22(20)26/h3-10,15-16H,11-14H2,1-2H3. The van der Waals surface area contributed by atoms with Gasteiger partial charge in [0.05, 0.1) is 13.1 Å². The van der Waals surface area contributed by atoms with Crippen LogP contribution in [-0.4, -0.2) is 38.1 Å². The van der Waals surface area contributed by atoms with Gasteiger partial charge in [-0.3, -0.25) is 0 Å². The van der Waals surface area contributed by atoms with Gasteiger partial charge in [0.1, 0.15) is 13.2 Å². The minimum Gasteiger partial charge on any atom is -0.476 e. The lowest BCUT2D eigenvalue weighted by molar-refractivity contribution is 0.348. The summed E-state index contributed by atoms with van der Waals surface area (Å²) in [4.78, 5) is 9.26. The summed E-state index contributed by atoms with van der Waals surface area (Å²) in [7, 11) is 0. The van der Waals surface area contributed by atoms with Crippen molar-refractivity contribution in [1.29, 1.82) is 0 Å². The molecule has 32 heavy (non-hydrogen) atoms. The van der Waals surface area contributed by atoms with Crippen LogP contribution < -0.4 is 0 Å². The predicted octanol–water partition coefficient (Wildman–Crippen LogP) is 5.83. The minimum absolute atomic E-state index is 0.644. The smallest absolute Gasteiger partial charge is 0.216 e. The molecule has 0 radical (unpaired) electrons. The van der Waals surface area contributed by atoms with Gasteiger partial charge in [0, 0.05) is 11.1 Å². The van der Waals surface area contributed by atoms with E-state index < -0.39 is 0 Å². The van der Waals surface area contributed by atoms with Crippen LogP contribution in [0, 0.1) is 13.8 Å². The molecule has 0 amide bonds. The van der Waals surface area contributed by atoms with Crippen molar-refractivity contribution in [2.75, 3.05) is 26.3 Å². The second kappa shape index (κ2) is 7.49. The van der Waals surface area contributed by atoms with Gasteiger partial charge in [0.25, 0.3) is 0 Å². The monoisotopic (exact) mass is 420 g/mol. The summed E-state index contributed by atoms with van der Waals surface area (Å²) in [6, 6.07) is 21.6. The summed E-state index contributed by atoms with van der Waals surface area (Å²) >= 11 is 0. The number of fused-ring (bicyclic) bond motifs is 2. The molecule has 4 aromatic rings. The highest BCUT2D eigenvalue weighted by Gasteiger charge is 2.24. The Morgan fingerprint density at radius 2 is 1.06 bits per heavy atom. The first-order chi connectivity index (χ1) is 15.7. The summed E-state index contributed by atoms with van der Waals surface area (Å²) in [5, 5.41) is 4.83. The Morgan fingerprint density at radius 1 is 0.625 bits per heavy atom. The Labute approximate surface area is 187 Å². The number of rotatable bonds is 3. The molecule has 2 heterocycles. The molecule has 158 valence electrons. The van der Waals surface area contributed by atoms with E-state index in [-0.39, 0.29) is 0 Å². The largest absolute Gasteiger partial charge is 0.476 e. The van der Waals surface area contributed by atoms with Crippen molar-refractivity contribution < 1.29 is 9.47 Å². The van der Waals surface area contributed by atoms with E-state index in [4.69, 9.17) is 9.47 Å². The minimum atomic E-state index is 0.644. The van der Waals surface area contributed by atoms with E-state index in [1.54, 1.807) is 0 Å². The van der Waals surface area contributed by atoms with E-state index in [1.807, 2.05) is 0 Å². The first kappa shape index (κ1) is 19.1. The molecule has 0 spiro atoms. The molecule has 0 atom stereocenters. The molecule has 0 N–H and O–H groups in total. The first-order valence-corrected chi connectivity index (χ1v) is 11.1. The van der Waals surface area contributed by atoms with Gasteiger partial charge in [-0.1, -0.05) is 48.5 Å². The van der Waals surface area contributed by atoms with Gasteiger partial charge >= 0.3 is 0 Å². The Kier molecular flexibility index (Phi) is 4.46. The van der Waals surface area contributed by atoms with Crippen LogP contribution in [0.25, 0.3) is 32.7 Å². The van der Waals surface area contributed by atoms with Gasteiger partial charge in [-0.15, -0.1) is 0 Å². The van der Waals surface area contributed by atoms with Gasteiger partial charge in [-0.2, -0.15) is 0 Å². The third-order valence-electron chi connectivity index (χ3n) is 6.50. The van der Waals surface area contributed by atoms with Crippen LogP contribution in [-0.2, 0) is 9.47 Å². The van der Waals surface area contributed by atoms with Crippen LogP contribution in [0.2, 0.25) is 0 Å². The Hall–Kier alpha value is -3.66. The van der Waals surface area contributed by atoms with Gasteiger partial charge in [0.15, 0.2) is 0 Å². The molecule has 4 heteroatoms. The van der Waals surface area contributed by atoms with E-state index in [9.17, 15) is 0 Å². The summed E-state index contributed by atoms with van der Waals surface area (Å²) in [5.41, 5.74) is 6.96. The average Bonchev–Trinajstić information content (AvgIpc) is 3.54. The van der Waals surface area contributed by atoms with E-state index >= 15 is 0 Å². The van der Waals surface area contributed by atoms with Gasteiger partial charge < -0.3 is 9.47 Å². The molecular formula is C28H24N2O2. The van der Waals surface area contributed by atoms with Crippen molar-refractivity contribution in [3.8, 4) is 11.1 Å². The quantitative estimate of drug-likeness (QED) is 0.418. The number of aliphatic imine (C=N–C) groups is 2. The second-order valence-electron chi connectivity index (χ2n) is 8.36. The fraction of sp³-hybridized carbons (Fsp3) is 0.214. The average molecular weight is 421 g/mol. The highest BCUT2D eigenvalue weighted by atomic mass is 16.5. The van der Waals surface area contributed by atoms with Crippen molar-refractivity contribution >= 4 is 33.3 Å². The van der Waals surface area contributed by atoms with E-state index in [0.717, 1.165) is 22.9 Å². The molecule has 6 rings (SSSR count). The maximum absolute atomic E-state index is 5.89. The number of nitrogens with zero attached hydrogens (tertiary/aromatic N) is 2. The van der Waals surface area contributed by atoms with Crippen LogP contribution in [0.3, 0.4) is 0 Å². The maximum atomic E-state index is 5.89. The third kappa shape index (κ3) is 2.90. The number of hydrogen-bond acceptors (Lipinski definition) is 4. The van der Waals surface area contributed by atoms with Crippen molar-refractivity contribution in [1.82, 2.24) is 0 Å².